The Hall–Kier alpha value is -1.27. The molecule has 0 atom stereocenters. The Balaban J connectivity index is 2.27. The number of pyridine rings is 1. The molecule has 2 rings (SSSR count). The number of piperidine rings is 1. The second kappa shape index (κ2) is 4.50. The van der Waals surface area contributed by atoms with Crippen LogP contribution in [-0.4, -0.2) is 18.1 Å². The molecule has 4 heteroatoms. The van der Waals surface area contributed by atoms with Gasteiger partial charge in [0.05, 0.1) is 11.6 Å². The van der Waals surface area contributed by atoms with E-state index in [1.807, 2.05) is 0 Å². The lowest BCUT2D eigenvalue weighted by Gasteiger charge is -2.27. The molecule has 0 N–H and O–H groups in total. The van der Waals surface area contributed by atoms with Crippen molar-refractivity contribution in [3.8, 4) is 6.07 Å². The summed E-state index contributed by atoms with van der Waals surface area (Å²) in [4.78, 5) is 6.39. The molecular weight excluding hydrogens is 210 g/mol. The van der Waals surface area contributed by atoms with Crippen LogP contribution in [0.25, 0.3) is 0 Å². The molecule has 0 saturated carbocycles. The van der Waals surface area contributed by atoms with Crippen molar-refractivity contribution in [3.63, 3.8) is 0 Å². The van der Waals surface area contributed by atoms with Gasteiger partial charge in [-0.05, 0) is 31.4 Å². The minimum atomic E-state index is 0.388. The van der Waals surface area contributed by atoms with Crippen LogP contribution < -0.4 is 4.90 Å². The molecule has 0 spiro atoms. The van der Waals surface area contributed by atoms with Gasteiger partial charge in [-0.1, -0.05) is 11.6 Å². The number of nitrogens with zero attached hydrogens (tertiary/aromatic N) is 3. The minimum Gasteiger partial charge on any atom is -0.357 e. The van der Waals surface area contributed by atoms with E-state index in [0.29, 0.717) is 10.7 Å². The van der Waals surface area contributed by atoms with Crippen molar-refractivity contribution in [2.75, 3.05) is 18.0 Å². The minimum absolute atomic E-state index is 0.388. The smallest absolute Gasteiger partial charge is 0.132 e. The highest BCUT2D eigenvalue weighted by atomic mass is 35.5. The van der Waals surface area contributed by atoms with Gasteiger partial charge in [0.1, 0.15) is 11.0 Å². The van der Waals surface area contributed by atoms with Crippen LogP contribution in [0.15, 0.2) is 12.1 Å². The van der Waals surface area contributed by atoms with E-state index in [1.165, 1.54) is 0 Å². The van der Waals surface area contributed by atoms with Gasteiger partial charge >= 0.3 is 0 Å². The van der Waals surface area contributed by atoms with Crippen LogP contribution in [-0.2, 0) is 0 Å². The molecule has 0 amide bonds. The van der Waals surface area contributed by atoms with Gasteiger partial charge in [0, 0.05) is 13.1 Å². The highest BCUT2D eigenvalue weighted by molar-refractivity contribution is 6.29. The van der Waals surface area contributed by atoms with Gasteiger partial charge < -0.3 is 4.90 Å². The predicted molar refractivity (Wildman–Crippen MR) is 59.7 cm³/mol. The Kier molecular flexibility index (Phi) is 3.08. The van der Waals surface area contributed by atoms with Crippen molar-refractivity contribution in [2.45, 2.75) is 12.8 Å². The second-order valence-corrected chi connectivity index (χ2v) is 3.89. The first-order chi connectivity index (χ1) is 7.29. The maximum atomic E-state index is 8.82. The molecular formula is C11H11ClN3. The zero-order valence-electron chi connectivity index (χ0n) is 8.28. The molecule has 2 heterocycles. The summed E-state index contributed by atoms with van der Waals surface area (Å²) < 4.78 is 0. The van der Waals surface area contributed by atoms with Gasteiger partial charge in [-0.2, -0.15) is 5.26 Å². The summed E-state index contributed by atoms with van der Waals surface area (Å²) in [5.41, 5.74) is 0.569. The van der Waals surface area contributed by atoms with Gasteiger partial charge in [0.2, 0.25) is 0 Å². The standard InChI is InChI=1S/C11H11ClN3/c12-10-6-9(8-13)7-11(14-10)15-4-2-1-3-5-15/h1,6-7H,2-5H2. The van der Waals surface area contributed by atoms with Crippen molar-refractivity contribution < 1.29 is 0 Å². The van der Waals surface area contributed by atoms with E-state index in [-0.39, 0.29) is 0 Å². The first kappa shape index (κ1) is 10.3. The average Bonchev–Trinajstić information content (AvgIpc) is 2.29. The van der Waals surface area contributed by atoms with Crippen LogP contribution in [0.4, 0.5) is 5.82 Å². The van der Waals surface area contributed by atoms with Crippen LogP contribution in [0.3, 0.4) is 0 Å². The van der Waals surface area contributed by atoms with E-state index >= 15 is 0 Å². The Labute approximate surface area is 94.3 Å². The maximum Gasteiger partial charge on any atom is 0.132 e. The lowest BCUT2D eigenvalue weighted by Crippen LogP contribution is -2.30. The van der Waals surface area contributed by atoms with E-state index in [1.54, 1.807) is 12.1 Å². The number of anilines is 1. The molecule has 1 radical (unpaired) electrons. The van der Waals surface area contributed by atoms with E-state index in [9.17, 15) is 0 Å². The lowest BCUT2D eigenvalue weighted by atomic mass is 10.1. The Morgan fingerprint density at radius 1 is 1.33 bits per heavy atom. The Morgan fingerprint density at radius 2 is 2.07 bits per heavy atom. The molecule has 0 unspecified atom stereocenters. The highest BCUT2D eigenvalue weighted by Crippen LogP contribution is 2.20. The molecule has 1 saturated heterocycles. The molecule has 1 aliphatic heterocycles. The van der Waals surface area contributed by atoms with Crippen LogP contribution >= 0.6 is 11.6 Å². The number of hydrogen-bond donors (Lipinski definition) is 0. The number of hydrogen-bond acceptors (Lipinski definition) is 3. The topological polar surface area (TPSA) is 39.9 Å². The highest BCUT2D eigenvalue weighted by Gasteiger charge is 2.13. The number of nitriles is 1. The SMILES string of the molecule is N#Cc1cc(Cl)nc(N2CC[CH]CC2)c1. The van der Waals surface area contributed by atoms with Crippen molar-refractivity contribution in [1.82, 2.24) is 4.98 Å². The number of rotatable bonds is 1. The maximum absolute atomic E-state index is 8.82. The number of aromatic nitrogens is 1. The average molecular weight is 221 g/mol. The molecule has 3 nitrogen and oxygen atoms in total. The van der Waals surface area contributed by atoms with Gasteiger partial charge in [0.25, 0.3) is 0 Å². The summed E-state index contributed by atoms with van der Waals surface area (Å²) >= 11 is 5.85. The summed E-state index contributed by atoms with van der Waals surface area (Å²) in [6, 6.07) is 5.46. The molecule has 1 aromatic rings. The summed E-state index contributed by atoms with van der Waals surface area (Å²) in [6.07, 6.45) is 4.40. The quantitative estimate of drug-likeness (QED) is 0.683. The molecule has 1 aromatic heterocycles. The van der Waals surface area contributed by atoms with Crippen molar-refractivity contribution >= 4 is 17.4 Å². The first-order valence-corrected chi connectivity index (χ1v) is 5.32. The van der Waals surface area contributed by atoms with Gasteiger partial charge in [-0.25, -0.2) is 4.98 Å². The van der Waals surface area contributed by atoms with E-state index in [2.05, 4.69) is 22.4 Å². The Bertz CT molecular complexity index is 391. The zero-order valence-corrected chi connectivity index (χ0v) is 9.04. The summed E-state index contributed by atoms with van der Waals surface area (Å²) in [7, 11) is 0. The molecule has 1 aliphatic rings. The van der Waals surface area contributed by atoms with Crippen molar-refractivity contribution in [1.29, 1.82) is 5.26 Å². The van der Waals surface area contributed by atoms with E-state index < -0.39 is 0 Å². The molecule has 15 heavy (non-hydrogen) atoms. The molecule has 77 valence electrons. The van der Waals surface area contributed by atoms with Crippen LogP contribution in [0, 0.1) is 17.8 Å². The molecule has 0 aromatic carbocycles. The van der Waals surface area contributed by atoms with Crippen LogP contribution in [0.1, 0.15) is 18.4 Å². The zero-order chi connectivity index (χ0) is 10.7. The van der Waals surface area contributed by atoms with Gasteiger partial charge in [0.15, 0.2) is 0 Å². The third kappa shape index (κ3) is 2.40. The van der Waals surface area contributed by atoms with Crippen LogP contribution in [0.5, 0.6) is 0 Å². The monoisotopic (exact) mass is 220 g/mol. The van der Waals surface area contributed by atoms with Crippen LogP contribution in [0.2, 0.25) is 5.15 Å². The summed E-state index contributed by atoms with van der Waals surface area (Å²) in [5.74, 6) is 0.812. The first-order valence-electron chi connectivity index (χ1n) is 4.94. The van der Waals surface area contributed by atoms with Crippen molar-refractivity contribution in [2.24, 2.45) is 0 Å². The molecule has 0 aliphatic carbocycles. The number of halogens is 1. The predicted octanol–water partition coefficient (Wildman–Crippen LogP) is 2.41. The van der Waals surface area contributed by atoms with Gasteiger partial charge in [-0.3, -0.25) is 0 Å². The molecule has 1 fully saturated rings. The third-order valence-corrected chi connectivity index (χ3v) is 2.63. The molecule has 0 bridgehead atoms. The van der Waals surface area contributed by atoms with E-state index in [0.717, 1.165) is 31.7 Å². The second-order valence-electron chi connectivity index (χ2n) is 3.50. The fourth-order valence-electron chi connectivity index (χ4n) is 1.69. The summed E-state index contributed by atoms with van der Waals surface area (Å²) in [6.45, 7) is 1.91. The van der Waals surface area contributed by atoms with E-state index in [4.69, 9.17) is 16.9 Å². The third-order valence-electron chi connectivity index (χ3n) is 2.44. The van der Waals surface area contributed by atoms with Crippen molar-refractivity contribution in [3.05, 3.63) is 29.3 Å². The fourth-order valence-corrected chi connectivity index (χ4v) is 1.89. The largest absolute Gasteiger partial charge is 0.357 e. The lowest BCUT2D eigenvalue weighted by molar-refractivity contribution is 0.671. The normalized spacial score (nSPS) is 16.1. The fraction of sp³-hybridized carbons (Fsp3) is 0.364. The summed E-state index contributed by atoms with van der Waals surface area (Å²) in [5, 5.41) is 9.21. The van der Waals surface area contributed by atoms with Gasteiger partial charge in [-0.15, -0.1) is 0 Å². The Morgan fingerprint density at radius 3 is 2.73 bits per heavy atom.